The van der Waals surface area contributed by atoms with E-state index in [1.807, 2.05) is 13.8 Å². The largest absolute Gasteiger partial charge is 0.380 e. The summed E-state index contributed by atoms with van der Waals surface area (Å²) in [5, 5.41) is 14.0. The minimum Gasteiger partial charge on any atom is -0.380 e. The van der Waals surface area contributed by atoms with E-state index in [-0.39, 0.29) is 6.10 Å². The van der Waals surface area contributed by atoms with Crippen LogP contribution in [0.1, 0.15) is 13.8 Å². The van der Waals surface area contributed by atoms with E-state index in [2.05, 4.69) is 30.8 Å². The summed E-state index contributed by atoms with van der Waals surface area (Å²) < 4.78 is 5.20. The lowest BCUT2D eigenvalue weighted by molar-refractivity contribution is 0.128. The summed E-state index contributed by atoms with van der Waals surface area (Å²) in [6.07, 6.45) is 1.83. The topological polar surface area (TPSA) is 87.8 Å². The number of anilines is 2. The van der Waals surface area contributed by atoms with Crippen LogP contribution in [-0.2, 0) is 4.74 Å². The summed E-state index contributed by atoms with van der Waals surface area (Å²) in [6, 6.07) is 0. The molecule has 0 saturated heterocycles. The molecule has 0 aliphatic heterocycles. The highest BCUT2D eigenvalue weighted by Gasteiger charge is 2.09. The van der Waals surface area contributed by atoms with Crippen LogP contribution in [0.5, 0.6) is 0 Å². The van der Waals surface area contributed by atoms with E-state index in [0.29, 0.717) is 18.1 Å². The number of aromatic amines is 1. The maximum atomic E-state index is 5.20. The number of fused-ring (bicyclic) bond motifs is 1. The van der Waals surface area contributed by atoms with Crippen molar-refractivity contribution in [2.24, 2.45) is 0 Å². The molecule has 0 radical (unpaired) electrons. The third-order valence-corrected chi connectivity index (χ3v) is 2.60. The minimum absolute atomic E-state index is 0.115. The molecule has 18 heavy (non-hydrogen) atoms. The minimum atomic E-state index is 0.115. The van der Waals surface area contributed by atoms with Crippen LogP contribution in [0.4, 0.5) is 11.8 Å². The Kier molecular flexibility index (Phi) is 3.93. The van der Waals surface area contributed by atoms with E-state index in [1.165, 1.54) is 0 Å². The summed E-state index contributed by atoms with van der Waals surface area (Å²) in [5.74, 6) is 1.34. The molecular formula is C11H18N6O. The van der Waals surface area contributed by atoms with Crippen molar-refractivity contribution in [1.82, 2.24) is 20.2 Å². The van der Waals surface area contributed by atoms with E-state index >= 15 is 0 Å². The summed E-state index contributed by atoms with van der Waals surface area (Å²) in [4.78, 5) is 8.74. The standard InChI is InChI=1S/C11H18N6O/c1-4-12-11-15-9(13-5-7(2)18-3)8-6-14-17-10(8)16-11/h6-7H,4-5H2,1-3H3,(H3,12,13,14,15,16,17). The van der Waals surface area contributed by atoms with E-state index < -0.39 is 0 Å². The quantitative estimate of drug-likeness (QED) is 0.714. The van der Waals surface area contributed by atoms with Crippen LogP contribution < -0.4 is 10.6 Å². The van der Waals surface area contributed by atoms with E-state index in [4.69, 9.17) is 4.74 Å². The zero-order valence-electron chi connectivity index (χ0n) is 10.8. The van der Waals surface area contributed by atoms with Crippen LogP contribution >= 0.6 is 0 Å². The molecule has 0 aromatic carbocycles. The van der Waals surface area contributed by atoms with Gasteiger partial charge in [-0.05, 0) is 13.8 Å². The summed E-state index contributed by atoms with van der Waals surface area (Å²) in [6.45, 7) is 5.44. The molecule has 2 aromatic heterocycles. The number of ether oxygens (including phenoxy) is 1. The lowest BCUT2D eigenvalue weighted by Crippen LogP contribution is -2.19. The number of hydrogen-bond acceptors (Lipinski definition) is 6. The Bertz CT molecular complexity index is 511. The molecule has 0 saturated carbocycles. The van der Waals surface area contributed by atoms with Crippen LogP contribution in [0.25, 0.3) is 11.0 Å². The van der Waals surface area contributed by atoms with Crippen molar-refractivity contribution in [3.63, 3.8) is 0 Å². The number of methoxy groups -OCH3 is 1. The Labute approximate surface area is 105 Å². The van der Waals surface area contributed by atoms with E-state index in [0.717, 1.165) is 17.7 Å². The SMILES string of the molecule is CCNc1nc(NCC(C)OC)c2cn[nH]c2n1. The van der Waals surface area contributed by atoms with Crippen LogP contribution in [0.2, 0.25) is 0 Å². The molecule has 7 nitrogen and oxygen atoms in total. The maximum absolute atomic E-state index is 5.20. The highest BCUT2D eigenvalue weighted by molar-refractivity contribution is 5.86. The van der Waals surface area contributed by atoms with E-state index in [1.54, 1.807) is 13.3 Å². The van der Waals surface area contributed by atoms with Crippen molar-refractivity contribution in [3.8, 4) is 0 Å². The third-order valence-electron chi connectivity index (χ3n) is 2.60. The van der Waals surface area contributed by atoms with Gasteiger partial charge in [-0.3, -0.25) is 5.10 Å². The molecule has 0 aliphatic carbocycles. The lowest BCUT2D eigenvalue weighted by Gasteiger charge is -2.12. The van der Waals surface area contributed by atoms with Gasteiger partial charge < -0.3 is 15.4 Å². The maximum Gasteiger partial charge on any atom is 0.226 e. The van der Waals surface area contributed by atoms with Crippen molar-refractivity contribution in [2.75, 3.05) is 30.8 Å². The summed E-state index contributed by atoms with van der Waals surface area (Å²) in [7, 11) is 1.68. The average molecular weight is 250 g/mol. The van der Waals surface area contributed by atoms with Crippen LogP contribution in [0.15, 0.2) is 6.20 Å². The molecule has 0 bridgehead atoms. The van der Waals surface area contributed by atoms with Gasteiger partial charge in [0.05, 0.1) is 17.7 Å². The van der Waals surface area contributed by atoms with Crippen molar-refractivity contribution in [3.05, 3.63) is 6.20 Å². The first-order chi connectivity index (χ1) is 8.74. The molecule has 0 spiro atoms. The first kappa shape index (κ1) is 12.6. The molecule has 0 aliphatic rings. The molecule has 2 rings (SSSR count). The molecule has 0 fully saturated rings. The molecule has 2 aromatic rings. The number of rotatable bonds is 6. The molecule has 1 atom stereocenters. The number of nitrogens with one attached hydrogen (secondary N) is 3. The van der Waals surface area contributed by atoms with Crippen molar-refractivity contribution >= 4 is 22.8 Å². The average Bonchev–Trinajstić information content (AvgIpc) is 2.84. The van der Waals surface area contributed by atoms with Crippen LogP contribution in [0.3, 0.4) is 0 Å². The molecule has 7 heteroatoms. The molecular weight excluding hydrogens is 232 g/mol. The van der Waals surface area contributed by atoms with Gasteiger partial charge in [0.1, 0.15) is 5.82 Å². The van der Waals surface area contributed by atoms with Gasteiger partial charge in [0.15, 0.2) is 5.65 Å². The van der Waals surface area contributed by atoms with Crippen LogP contribution in [-0.4, -0.2) is 46.5 Å². The van der Waals surface area contributed by atoms with Gasteiger partial charge in [0.2, 0.25) is 5.95 Å². The smallest absolute Gasteiger partial charge is 0.226 e. The lowest BCUT2D eigenvalue weighted by atomic mass is 10.3. The van der Waals surface area contributed by atoms with Gasteiger partial charge in [-0.2, -0.15) is 15.1 Å². The highest BCUT2D eigenvalue weighted by Crippen LogP contribution is 2.19. The fourth-order valence-electron chi connectivity index (χ4n) is 1.53. The molecule has 98 valence electrons. The van der Waals surface area contributed by atoms with Gasteiger partial charge in [-0.15, -0.1) is 0 Å². The van der Waals surface area contributed by atoms with E-state index in [9.17, 15) is 0 Å². The molecule has 2 heterocycles. The zero-order chi connectivity index (χ0) is 13.0. The van der Waals surface area contributed by atoms with Gasteiger partial charge >= 0.3 is 0 Å². The normalized spacial score (nSPS) is 12.6. The van der Waals surface area contributed by atoms with Crippen molar-refractivity contribution in [1.29, 1.82) is 0 Å². The predicted octanol–water partition coefficient (Wildman–Crippen LogP) is 1.23. The number of hydrogen-bond donors (Lipinski definition) is 3. The fourth-order valence-corrected chi connectivity index (χ4v) is 1.53. The Hall–Kier alpha value is -1.89. The zero-order valence-corrected chi connectivity index (χ0v) is 10.8. The fraction of sp³-hybridized carbons (Fsp3) is 0.545. The van der Waals surface area contributed by atoms with Gasteiger partial charge in [-0.1, -0.05) is 0 Å². The third kappa shape index (κ3) is 2.67. The second-order valence-electron chi connectivity index (χ2n) is 3.99. The first-order valence-electron chi connectivity index (χ1n) is 5.96. The Morgan fingerprint density at radius 1 is 1.39 bits per heavy atom. The van der Waals surface area contributed by atoms with Gasteiger partial charge in [0, 0.05) is 20.2 Å². The Morgan fingerprint density at radius 3 is 2.94 bits per heavy atom. The van der Waals surface area contributed by atoms with Gasteiger partial charge in [-0.25, -0.2) is 0 Å². The second kappa shape index (κ2) is 5.63. The summed E-state index contributed by atoms with van der Waals surface area (Å²) >= 11 is 0. The van der Waals surface area contributed by atoms with Crippen molar-refractivity contribution in [2.45, 2.75) is 20.0 Å². The number of nitrogens with zero attached hydrogens (tertiary/aromatic N) is 3. The Morgan fingerprint density at radius 2 is 2.22 bits per heavy atom. The molecule has 3 N–H and O–H groups in total. The number of H-pyrrole nitrogens is 1. The number of aromatic nitrogens is 4. The monoisotopic (exact) mass is 250 g/mol. The highest BCUT2D eigenvalue weighted by atomic mass is 16.5. The summed E-state index contributed by atoms with van der Waals surface area (Å²) in [5.41, 5.74) is 0.716. The predicted molar refractivity (Wildman–Crippen MR) is 70.8 cm³/mol. The second-order valence-corrected chi connectivity index (χ2v) is 3.99. The Balaban J connectivity index is 2.25. The van der Waals surface area contributed by atoms with Crippen LogP contribution in [0, 0.1) is 0 Å². The molecule has 0 amide bonds. The van der Waals surface area contributed by atoms with Crippen molar-refractivity contribution < 1.29 is 4.74 Å². The molecule has 1 unspecified atom stereocenters. The van der Waals surface area contributed by atoms with Gasteiger partial charge in [0.25, 0.3) is 0 Å². The first-order valence-corrected chi connectivity index (χ1v) is 5.96.